The number of nitrogen functional groups attached to an aromatic ring is 1. The predicted octanol–water partition coefficient (Wildman–Crippen LogP) is 1.93. The Kier molecular flexibility index (Phi) is 3.13. The molecule has 0 bridgehead atoms. The Morgan fingerprint density at radius 1 is 1.39 bits per heavy atom. The molecule has 6 heteroatoms. The van der Waals surface area contributed by atoms with Crippen LogP contribution in [0.1, 0.15) is 21.7 Å². The van der Waals surface area contributed by atoms with Gasteiger partial charge in [0, 0.05) is 0 Å². The van der Waals surface area contributed by atoms with Crippen molar-refractivity contribution >= 4 is 27.5 Å². The fourth-order valence-electron chi connectivity index (χ4n) is 1.81. The standard InChI is InChI=1S/C12H13BrN4O/c1-6-10(13)7(2)17(16-6)9-5-3-4-8(11(9)14)12(15)18/h3-5H,14H2,1-2H3,(H2,15,18). The fraction of sp³-hybridized carbons (Fsp3) is 0.167. The number of anilines is 1. The van der Waals surface area contributed by atoms with Crippen molar-refractivity contribution < 1.29 is 4.79 Å². The van der Waals surface area contributed by atoms with Crippen LogP contribution in [0.5, 0.6) is 0 Å². The number of hydrogen-bond donors (Lipinski definition) is 2. The van der Waals surface area contributed by atoms with E-state index in [0.29, 0.717) is 16.9 Å². The molecular formula is C12H13BrN4O. The molecule has 2 rings (SSSR count). The highest BCUT2D eigenvalue weighted by atomic mass is 79.9. The van der Waals surface area contributed by atoms with E-state index in [2.05, 4.69) is 21.0 Å². The van der Waals surface area contributed by atoms with Gasteiger partial charge in [-0.2, -0.15) is 5.10 Å². The minimum absolute atomic E-state index is 0.302. The van der Waals surface area contributed by atoms with E-state index in [1.807, 2.05) is 13.8 Å². The van der Waals surface area contributed by atoms with Gasteiger partial charge in [0.2, 0.25) is 0 Å². The number of nitrogens with zero attached hydrogens (tertiary/aromatic N) is 2. The van der Waals surface area contributed by atoms with Gasteiger partial charge in [-0.1, -0.05) is 6.07 Å². The molecule has 0 radical (unpaired) electrons. The first-order valence-electron chi connectivity index (χ1n) is 5.34. The van der Waals surface area contributed by atoms with Gasteiger partial charge in [-0.3, -0.25) is 4.79 Å². The molecule has 0 aliphatic heterocycles. The van der Waals surface area contributed by atoms with Crippen molar-refractivity contribution in [1.82, 2.24) is 9.78 Å². The second kappa shape index (κ2) is 4.45. The van der Waals surface area contributed by atoms with Gasteiger partial charge >= 0.3 is 0 Å². The molecule has 1 aromatic carbocycles. The van der Waals surface area contributed by atoms with Crippen molar-refractivity contribution in [3.63, 3.8) is 0 Å². The highest BCUT2D eigenvalue weighted by Gasteiger charge is 2.15. The lowest BCUT2D eigenvalue weighted by molar-refractivity contribution is 0.100. The third-order valence-corrected chi connectivity index (χ3v) is 3.93. The van der Waals surface area contributed by atoms with Crippen molar-refractivity contribution in [3.8, 4) is 5.69 Å². The zero-order chi connectivity index (χ0) is 13.4. The quantitative estimate of drug-likeness (QED) is 0.831. The number of halogens is 1. The number of para-hydroxylation sites is 1. The van der Waals surface area contributed by atoms with E-state index < -0.39 is 5.91 Å². The number of amides is 1. The summed E-state index contributed by atoms with van der Waals surface area (Å²) in [5, 5.41) is 4.38. The topological polar surface area (TPSA) is 86.9 Å². The molecule has 0 aliphatic carbocycles. The second-order valence-electron chi connectivity index (χ2n) is 4.00. The molecule has 2 aromatic rings. The van der Waals surface area contributed by atoms with Crippen LogP contribution in [-0.4, -0.2) is 15.7 Å². The van der Waals surface area contributed by atoms with E-state index in [1.54, 1.807) is 22.9 Å². The number of rotatable bonds is 2. The Hall–Kier alpha value is -1.82. The molecule has 0 aliphatic rings. The molecule has 94 valence electrons. The molecule has 18 heavy (non-hydrogen) atoms. The maximum Gasteiger partial charge on any atom is 0.250 e. The number of carbonyl (C=O) groups excluding carboxylic acids is 1. The van der Waals surface area contributed by atoms with E-state index in [1.165, 1.54) is 0 Å². The first-order valence-corrected chi connectivity index (χ1v) is 6.13. The maximum absolute atomic E-state index is 11.3. The second-order valence-corrected chi connectivity index (χ2v) is 4.79. The van der Waals surface area contributed by atoms with Crippen molar-refractivity contribution in [2.75, 3.05) is 5.73 Å². The fourth-order valence-corrected chi connectivity index (χ4v) is 2.06. The first-order chi connectivity index (χ1) is 8.43. The number of aryl methyl sites for hydroxylation is 1. The van der Waals surface area contributed by atoms with Gasteiger partial charge in [0.15, 0.2) is 0 Å². The predicted molar refractivity (Wildman–Crippen MR) is 73.7 cm³/mol. The molecular weight excluding hydrogens is 296 g/mol. The summed E-state index contributed by atoms with van der Waals surface area (Å²) in [6, 6.07) is 5.13. The zero-order valence-electron chi connectivity index (χ0n) is 10.1. The smallest absolute Gasteiger partial charge is 0.250 e. The van der Waals surface area contributed by atoms with Crippen LogP contribution in [0, 0.1) is 13.8 Å². The van der Waals surface area contributed by atoms with E-state index >= 15 is 0 Å². The summed E-state index contributed by atoms with van der Waals surface area (Å²) >= 11 is 3.45. The lowest BCUT2D eigenvalue weighted by Gasteiger charge is -2.10. The summed E-state index contributed by atoms with van der Waals surface area (Å²) in [5.41, 5.74) is 14.3. The summed E-state index contributed by atoms with van der Waals surface area (Å²) in [4.78, 5) is 11.3. The first kappa shape index (κ1) is 12.6. The van der Waals surface area contributed by atoms with E-state index in [0.717, 1.165) is 15.9 Å². The van der Waals surface area contributed by atoms with Crippen molar-refractivity contribution in [1.29, 1.82) is 0 Å². The van der Waals surface area contributed by atoms with Gasteiger partial charge in [0.1, 0.15) is 0 Å². The van der Waals surface area contributed by atoms with Gasteiger partial charge in [0.25, 0.3) is 5.91 Å². The van der Waals surface area contributed by atoms with Gasteiger partial charge in [0.05, 0.1) is 32.8 Å². The van der Waals surface area contributed by atoms with E-state index in [4.69, 9.17) is 11.5 Å². The Labute approximate surface area is 113 Å². The SMILES string of the molecule is Cc1nn(-c2cccc(C(N)=O)c2N)c(C)c1Br. The van der Waals surface area contributed by atoms with Crippen LogP contribution < -0.4 is 11.5 Å². The number of nitrogens with two attached hydrogens (primary N) is 2. The van der Waals surface area contributed by atoms with Crippen LogP contribution in [0.4, 0.5) is 5.69 Å². The Morgan fingerprint density at radius 3 is 2.56 bits per heavy atom. The summed E-state index contributed by atoms with van der Waals surface area (Å²) in [6.07, 6.45) is 0. The molecule has 0 fully saturated rings. The van der Waals surface area contributed by atoms with Crippen molar-refractivity contribution in [3.05, 3.63) is 39.6 Å². The highest BCUT2D eigenvalue weighted by Crippen LogP contribution is 2.27. The van der Waals surface area contributed by atoms with Crippen molar-refractivity contribution in [2.24, 2.45) is 5.73 Å². The Balaban J connectivity index is 2.68. The number of aromatic nitrogens is 2. The Bertz CT molecular complexity index is 633. The summed E-state index contributed by atoms with van der Waals surface area (Å²) in [5.74, 6) is -0.546. The average Bonchev–Trinajstić information content (AvgIpc) is 2.57. The number of hydrogen-bond acceptors (Lipinski definition) is 3. The van der Waals surface area contributed by atoms with Crippen LogP contribution in [0.15, 0.2) is 22.7 Å². The number of benzene rings is 1. The molecule has 1 aromatic heterocycles. The number of carbonyl (C=O) groups is 1. The van der Waals surface area contributed by atoms with Gasteiger partial charge in [-0.05, 0) is 41.9 Å². The third-order valence-electron chi connectivity index (χ3n) is 2.78. The average molecular weight is 309 g/mol. The third kappa shape index (κ3) is 1.88. The molecule has 0 atom stereocenters. The summed E-state index contributed by atoms with van der Waals surface area (Å²) < 4.78 is 2.62. The lowest BCUT2D eigenvalue weighted by Crippen LogP contribution is -2.15. The van der Waals surface area contributed by atoms with Crippen molar-refractivity contribution in [2.45, 2.75) is 13.8 Å². The summed E-state index contributed by atoms with van der Waals surface area (Å²) in [7, 11) is 0. The highest BCUT2D eigenvalue weighted by molar-refractivity contribution is 9.10. The van der Waals surface area contributed by atoms with Gasteiger partial charge in [-0.15, -0.1) is 0 Å². The van der Waals surface area contributed by atoms with Crippen LogP contribution in [0.25, 0.3) is 5.69 Å². The molecule has 0 saturated heterocycles. The molecule has 0 saturated carbocycles. The van der Waals surface area contributed by atoms with E-state index in [9.17, 15) is 4.79 Å². The summed E-state index contributed by atoms with van der Waals surface area (Å²) in [6.45, 7) is 3.81. The zero-order valence-corrected chi connectivity index (χ0v) is 11.7. The monoisotopic (exact) mass is 308 g/mol. The minimum Gasteiger partial charge on any atom is -0.396 e. The number of primary amides is 1. The minimum atomic E-state index is -0.546. The largest absolute Gasteiger partial charge is 0.396 e. The maximum atomic E-state index is 11.3. The lowest BCUT2D eigenvalue weighted by atomic mass is 10.1. The normalized spacial score (nSPS) is 10.6. The molecule has 1 amide bonds. The molecule has 0 spiro atoms. The van der Waals surface area contributed by atoms with Crippen LogP contribution >= 0.6 is 15.9 Å². The van der Waals surface area contributed by atoms with Crippen LogP contribution in [0.2, 0.25) is 0 Å². The Morgan fingerprint density at radius 2 is 2.06 bits per heavy atom. The molecule has 5 nitrogen and oxygen atoms in total. The van der Waals surface area contributed by atoms with E-state index in [-0.39, 0.29) is 0 Å². The molecule has 0 unspecified atom stereocenters. The molecule has 4 N–H and O–H groups in total. The van der Waals surface area contributed by atoms with Gasteiger partial charge < -0.3 is 11.5 Å². The molecule has 1 heterocycles. The van der Waals surface area contributed by atoms with Crippen LogP contribution in [0.3, 0.4) is 0 Å². The van der Waals surface area contributed by atoms with Gasteiger partial charge in [-0.25, -0.2) is 4.68 Å². The van der Waals surface area contributed by atoms with Crippen LogP contribution in [-0.2, 0) is 0 Å².